The van der Waals surface area contributed by atoms with Gasteiger partial charge in [-0.05, 0) is 51.8 Å². The molecule has 0 heterocycles. The van der Waals surface area contributed by atoms with Gasteiger partial charge in [-0.25, -0.2) is 9.59 Å². The topological polar surface area (TPSA) is 89.6 Å². The fourth-order valence-electron chi connectivity index (χ4n) is 1.65. The lowest BCUT2D eigenvalue weighted by molar-refractivity contribution is 0.0472. The summed E-state index contributed by atoms with van der Waals surface area (Å²) in [6.07, 6.45) is 0. The Balaban J connectivity index is 2.00. The minimum Gasteiger partial charge on any atom is -0.478 e. The fraction of sp³-hybridized carbons (Fsp3) is 0.0667. The van der Waals surface area contributed by atoms with Crippen LogP contribution in [0, 0.1) is 0 Å². The SMILES string of the molecule is Nc1cc(C(=O)OCc2ccc(C(=O)O)cc2)ccc1Br. The van der Waals surface area contributed by atoms with E-state index in [1.54, 1.807) is 24.3 Å². The number of carboxylic acid groups (broad SMARTS) is 1. The standard InChI is InChI=1S/C15H12BrNO4/c16-12-6-5-11(7-13(12)17)15(20)21-8-9-1-3-10(4-2-9)14(18)19/h1-7H,8,17H2,(H,18,19). The van der Waals surface area contributed by atoms with Gasteiger partial charge >= 0.3 is 11.9 Å². The number of carbonyl (C=O) groups excluding carboxylic acids is 1. The zero-order chi connectivity index (χ0) is 15.4. The van der Waals surface area contributed by atoms with Gasteiger partial charge < -0.3 is 15.6 Å². The van der Waals surface area contributed by atoms with Gasteiger partial charge in [-0.2, -0.15) is 0 Å². The van der Waals surface area contributed by atoms with E-state index < -0.39 is 11.9 Å². The molecule has 21 heavy (non-hydrogen) atoms. The van der Waals surface area contributed by atoms with Crippen molar-refractivity contribution in [2.24, 2.45) is 0 Å². The Bertz CT molecular complexity index is 683. The van der Waals surface area contributed by atoms with Crippen LogP contribution in [0.5, 0.6) is 0 Å². The van der Waals surface area contributed by atoms with Crippen molar-refractivity contribution in [1.82, 2.24) is 0 Å². The zero-order valence-electron chi connectivity index (χ0n) is 10.9. The molecule has 0 atom stereocenters. The highest BCUT2D eigenvalue weighted by atomic mass is 79.9. The molecular weight excluding hydrogens is 338 g/mol. The molecule has 0 spiro atoms. The molecule has 0 aromatic heterocycles. The lowest BCUT2D eigenvalue weighted by Crippen LogP contribution is -2.06. The maximum Gasteiger partial charge on any atom is 0.338 e. The first kappa shape index (κ1) is 15.1. The largest absolute Gasteiger partial charge is 0.478 e. The lowest BCUT2D eigenvalue weighted by Gasteiger charge is -2.06. The normalized spacial score (nSPS) is 10.1. The number of benzene rings is 2. The summed E-state index contributed by atoms with van der Waals surface area (Å²) < 4.78 is 5.86. The predicted octanol–water partition coefficient (Wildman–Crippen LogP) is 3.09. The third kappa shape index (κ3) is 3.82. The maximum atomic E-state index is 11.9. The van der Waals surface area contributed by atoms with E-state index in [4.69, 9.17) is 15.6 Å². The summed E-state index contributed by atoms with van der Waals surface area (Å²) in [6, 6.07) is 10.9. The van der Waals surface area contributed by atoms with Crippen LogP contribution in [-0.4, -0.2) is 17.0 Å². The minimum absolute atomic E-state index is 0.0642. The van der Waals surface area contributed by atoms with Crippen LogP contribution in [0.4, 0.5) is 5.69 Å². The van der Waals surface area contributed by atoms with E-state index in [1.165, 1.54) is 18.2 Å². The molecule has 0 unspecified atom stereocenters. The van der Waals surface area contributed by atoms with Gasteiger partial charge in [-0.15, -0.1) is 0 Å². The number of carbonyl (C=O) groups is 2. The van der Waals surface area contributed by atoms with Crippen molar-refractivity contribution >= 4 is 33.6 Å². The number of rotatable bonds is 4. The van der Waals surface area contributed by atoms with E-state index >= 15 is 0 Å². The molecule has 108 valence electrons. The van der Waals surface area contributed by atoms with E-state index in [2.05, 4.69) is 15.9 Å². The van der Waals surface area contributed by atoms with Gasteiger partial charge in [0.05, 0.1) is 11.1 Å². The Morgan fingerprint density at radius 1 is 1.10 bits per heavy atom. The van der Waals surface area contributed by atoms with Crippen molar-refractivity contribution < 1.29 is 19.4 Å². The van der Waals surface area contributed by atoms with E-state index in [0.717, 1.165) is 0 Å². The molecular formula is C15H12BrNO4. The average Bonchev–Trinajstić information content (AvgIpc) is 2.48. The van der Waals surface area contributed by atoms with Gasteiger partial charge in [0.25, 0.3) is 0 Å². The molecule has 0 aliphatic heterocycles. The molecule has 2 aromatic rings. The summed E-state index contributed by atoms with van der Waals surface area (Å²) in [5, 5.41) is 8.79. The summed E-state index contributed by atoms with van der Waals surface area (Å²) in [5.41, 5.74) is 7.41. The van der Waals surface area contributed by atoms with Gasteiger partial charge in [0.1, 0.15) is 6.61 Å². The highest BCUT2D eigenvalue weighted by Crippen LogP contribution is 2.20. The molecule has 0 aliphatic carbocycles. The number of carboxylic acids is 1. The molecule has 5 nitrogen and oxygen atoms in total. The van der Waals surface area contributed by atoms with Crippen molar-refractivity contribution in [2.75, 3.05) is 5.73 Å². The molecule has 0 amide bonds. The van der Waals surface area contributed by atoms with Crippen LogP contribution < -0.4 is 5.73 Å². The van der Waals surface area contributed by atoms with Crippen LogP contribution in [-0.2, 0) is 11.3 Å². The number of nitrogens with two attached hydrogens (primary N) is 1. The molecule has 2 aromatic carbocycles. The minimum atomic E-state index is -0.996. The number of nitrogen functional groups attached to an aromatic ring is 1. The van der Waals surface area contributed by atoms with Gasteiger partial charge in [-0.3, -0.25) is 0 Å². The van der Waals surface area contributed by atoms with E-state index in [9.17, 15) is 9.59 Å². The first-order valence-electron chi connectivity index (χ1n) is 6.02. The van der Waals surface area contributed by atoms with E-state index in [1.807, 2.05) is 0 Å². The van der Waals surface area contributed by atoms with Crippen LogP contribution in [0.3, 0.4) is 0 Å². The third-order valence-electron chi connectivity index (χ3n) is 2.80. The molecule has 6 heteroatoms. The predicted molar refractivity (Wildman–Crippen MR) is 81.1 cm³/mol. The summed E-state index contributed by atoms with van der Waals surface area (Å²) in [4.78, 5) is 22.6. The number of anilines is 1. The second kappa shape index (κ2) is 6.41. The first-order chi connectivity index (χ1) is 9.97. The van der Waals surface area contributed by atoms with Crippen molar-refractivity contribution in [1.29, 1.82) is 0 Å². The Labute approximate surface area is 129 Å². The van der Waals surface area contributed by atoms with E-state index in [0.29, 0.717) is 21.3 Å². The molecule has 0 radical (unpaired) electrons. The number of halogens is 1. The van der Waals surface area contributed by atoms with Gasteiger partial charge in [0, 0.05) is 10.2 Å². The third-order valence-corrected chi connectivity index (χ3v) is 3.52. The van der Waals surface area contributed by atoms with Crippen LogP contribution in [0.25, 0.3) is 0 Å². The number of aromatic carboxylic acids is 1. The van der Waals surface area contributed by atoms with Crippen LogP contribution in [0.15, 0.2) is 46.9 Å². The number of esters is 1. The average molecular weight is 350 g/mol. The molecule has 0 saturated heterocycles. The molecule has 3 N–H and O–H groups in total. The molecule has 0 bridgehead atoms. The Morgan fingerprint density at radius 2 is 1.71 bits per heavy atom. The second-order valence-electron chi connectivity index (χ2n) is 4.31. The lowest BCUT2D eigenvalue weighted by atomic mass is 10.1. The summed E-state index contributed by atoms with van der Waals surface area (Å²) in [6.45, 7) is 0.0642. The number of ether oxygens (including phenoxy) is 1. The van der Waals surface area contributed by atoms with Gasteiger partial charge in [0.15, 0.2) is 0 Å². The van der Waals surface area contributed by atoms with Gasteiger partial charge in [0.2, 0.25) is 0 Å². The highest BCUT2D eigenvalue weighted by molar-refractivity contribution is 9.10. The summed E-state index contributed by atoms with van der Waals surface area (Å²) >= 11 is 3.25. The first-order valence-corrected chi connectivity index (χ1v) is 6.81. The maximum absolute atomic E-state index is 11.9. The molecule has 2 rings (SSSR count). The Morgan fingerprint density at radius 3 is 2.29 bits per heavy atom. The Kier molecular flexibility index (Phi) is 4.59. The summed E-state index contributed by atoms with van der Waals surface area (Å²) in [5.74, 6) is -1.49. The van der Waals surface area contributed by atoms with Crippen LogP contribution >= 0.6 is 15.9 Å². The van der Waals surface area contributed by atoms with Crippen molar-refractivity contribution in [2.45, 2.75) is 6.61 Å². The quantitative estimate of drug-likeness (QED) is 0.653. The zero-order valence-corrected chi connectivity index (χ0v) is 12.5. The molecule has 0 saturated carbocycles. The monoisotopic (exact) mass is 349 g/mol. The fourth-order valence-corrected chi connectivity index (χ4v) is 1.89. The Hall–Kier alpha value is -2.34. The number of hydrogen-bond donors (Lipinski definition) is 2. The molecule has 0 fully saturated rings. The van der Waals surface area contributed by atoms with Crippen LogP contribution in [0.2, 0.25) is 0 Å². The number of hydrogen-bond acceptors (Lipinski definition) is 4. The summed E-state index contributed by atoms with van der Waals surface area (Å²) in [7, 11) is 0. The highest BCUT2D eigenvalue weighted by Gasteiger charge is 2.09. The van der Waals surface area contributed by atoms with Crippen molar-refractivity contribution in [3.8, 4) is 0 Å². The van der Waals surface area contributed by atoms with Gasteiger partial charge in [-0.1, -0.05) is 12.1 Å². The second-order valence-corrected chi connectivity index (χ2v) is 5.17. The van der Waals surface area contributed by atoms with Crippen molar-refractivity contribution in [3.63, 3.8) is 0 Å². The van der Waals surface area contributed by atoms with E-state index in [-0.39, 0.29) is 12.2 Å². The smallest absolute Gasteiger partial charge is 0.338 e. The molecule has 0 aliphatic rings. The van der Waals surface area contributed by atoms with Crippen molar-refractivity contribution in [3.05, 3.63) is 63.6 Å². The van der Waals surface area contributed by atoms with Crippen LogP contribution in [0.1, 0.15) is 26.3 Å².